The lowest BCUT2D eigenvalue weighted by Gasteiger charge is -2.31. The molecule has 124 valence electrons. The van der Waals surface area contributed by atoms with Crippen molar-refractivity contribution in [3.05, 3.63) is 29.8 Å². The van der Waals surface area contributed by atoms with Crippen LogP contribution in [-0.4, -0.2) is 44.1 Å². The van der Waals surface area contributed by atoms with Gasteiger partial charge in [-0.3, -0.25) is 4.79 Å². The highest BCUT2D eigenvalue weighted by Crippen LogP contribution is 2.17. The molecular formula is C17H27ClN2O2. The van der Waals surface area contributed by atoms with Gasteiger partial charge in [0, 0.05) is 13.1 Å². The van der Waals surface area contributed by atoms with E-state index in [0.29, 0.717) is 5.92 Å². The first-order valence-corrected chi connectivity index (χ1v) is 7.87. The molecule has 1 saturated heterocycles. The molecule has 0 unspecified atom stereocenters. The predicted octanol–water partition coefficient (Wildman–Crippen LogP) is 2.51. The average Bonchev–Trinajstić information content (AvgIpc) is 2.54. The number of ether oxygens (including phenoxy) is 1. The van der Waals surface area contributed by atoms with Crippen LogP contribution >= 0.6 is 12.4 Å². The maximum atomic E-state index is 12.1. The maximum absolute atomic E-state index is 12.1. The van der Waals surface area contributed by atoms with Crippen molar-refractivity contribution in [3.63, 3.8) is 0 Å². The highest BCUT2D eigenvalue weighted by Gasteiger charge is 2.22. The number of carbonyl (C=O) groups excluding carboxylic acids is 1. The molecule has 0 aliphatic carbocycles. The Kier molecular flexibility index (Phi) is 8.28. The van der Waals surface area contributed by atoms with Crippen LogP contribution in [0.5, 0.6) is 5.75 Å². The molecule has 0 radical (unpaired) electrons. The van der Waals surface area contributed by atoms with Crippen molar-refractivity contribution < 1.29 is 9.53 Å². The fraction of sp³-hybridized carbons (Fsp3) is 0.588. The summed E-state index contributed by atoms with van der Waals surface area (Å²) in [5.74, 6) is 1.56. The number of likely N-dealkylation sites (tertiary alicyclic amines) is 1. The van der Waals surface area contributed by atoms with Gasteiger partial charge in [0.15, 0.2) is 6.61 Å². The van der Waals surface area contributed by atoms with Crippen LogP contribution in [0.4, 0.5) is 0 Å². The molecule has 0 spiro atoms. The second-order valence-electron chi connectivity index (χ2n) is 5.67. The molecule has 4 nitrogen and oxygen atoms in total. The summed E-state index contributed by atoms with van der Waals surface area (Å²) in [5.41, 5.74) is 1.28. The first-order valence-electron chi connectivity index (χ1n) is 7.87. The van der Waals surface area contributed by atoms with Crippen molar-refractivity contribution in [3.8, 4) is 5.75 Å². The largest absolute Gasteiger partial charge is 0.484 e. The highest BCUT2D eigenvalue weighted by atomic mass is 35.5. The monoisotopic (exact) mass is 326 g/mol. The molecule has 1 amide bonds. The smallest absolute Gasteiger partial charge is 0.260 e. The minimum absolute atomic E-state index is 0. The van der Waals surface area contributed by atoms with E-state index in [4.69, 9.17) is 4.74 Å². The van der Waals surface area contributed by atoms with Gasteiger partial charge in [0.25, 0.3) is 5.91 Å². The van der Waals surface area contributed by atoms with Gasteiger partial charge in [-0.2, -0.15) is 0 Å². The summed E-state index contributed by atoms with van der Waals surface area (Å²) in [4.78, 5) is 14.1. The molecule has 1 aromatic rings. The van der Waals surface area contributed by atoms with E-state index in [1.54, 1.807) is 0 Å². The van der Waals surface area contributed by atoms with Crippen molar-refractivity contribution in [2.45, 2.75) is 26.2 Å². The number of aryl methyl sites for hydroxylation is 1. The number of hydrogen-bond donors (Lipinski definition) is 1. The van der Waals surface area contributed by atoms with E-state index in [2.05, 4.69) is 12.2 Å². The molecule has 1 N–H and O–H groups in total. The average molecular weight is 327 g/mol. The Balaban J connectivity index is 0.00000242. The van der Waals surface area contributed by atoms with Crippen LogP contribution in [0.1, 0.15) is 25.3 Å². The van der Waals surface area contributed by atoms with Crippen LogP contribution in [0, 0.1) is 5.92 Å². The Bertz CT molecular complexity index is 442. The molecule has 1 fully saturated rings. The summed E-state index contributed by atoms with van der Waals surface area (Å²) < 4.78 is 5.59. The van der Waals surface area contributed by atoms with E-state index >= 15 is 0 Å². The Morgan fingerprint density at radius 1 is 1.27 bits per heavy atom. The molecule has 0 aromatic heterocycles. The molecule has 0 saturated carbocycles. The predicted molar refractivity (Wildman–Crippen MR) is 91.8 cm³/mol. The molecule has 1 aliphatic heterocycles. The van der Waals surface area contributed by atoms with Gasteiger partial charge in [-0.15, -0.1) is 12.4 Å². The van der Waals surface area contributed by atoms with Crippen molar-refractivity contribution in [2.75, 3.05) is 33.3 Å². The lowest BCUT2D eigenvalue weighted by atomic mass is 9.97. The molecule has 0 atom stereocenters. The Labute approximate surface area is 139 Å². The van der Waals surface area contributed by atoms with Gasteiger partial charge in [-0.05, 0) is 56.5 Å². The fourth-order valence-corrected chi connectivity index (χ4v) is 2.73. The number of piperidine rings is 1. The summed E-state index contributed by atoms with van der Waals surface area (Å²) in [7, 11) is 1.98. The lowest BCUT2D eigenvalue weighted by Crippen LogP contribution is -2.42. The minimum Gasteiger partial charge on any atom is -0.484 e. The fourth-order valence-electron chi connectivity index (χ4n) is 2.73. The summed E-state index contributed by atoms with van der Waals surface area (Å²) in [6.45, 7) is 5.01. The lowest BCUT2D eigenvalue weighted by molar-refractivity contribution is -0.134. The van der Waals surface area contributed by atoms with Crippen LogP contribution in [0.25, 0.3) is 0 Å². The zero-order valence-corrected chi connectivity index (χ0v) is 14.3. The van der Waals surface area contributed by atoms with Gasteiger partial charge in [0.2, 0.25) is 0 Å². The molecule has 2 rings (SSSR count). The quantitative estimate of drug-likeness (QED) is 0.873. The molecule has 5 heteroatoms. The molecule has 1 heterocycles. The van der Waals surface area contributed by atoms with Crippen LogP contribution in [0.3, 0.4) is 0 Å². The number of benzene rings is 1. The van der Waals surface area contributed by atoms with Gasteiger partial charge >= 0.3 is 0 Å². The van der Waals surface area contributed by atoms with Crippen LogP contribution in [0.2, 0.25) is 0 Å². The van der Waals surface area contributed by atoms with Crippen LogP contribution in [-0.2, 0) is 11.2 Å². The van der Waals surface area contributed by atoms with Gasteiger partial charge in [0.1, 0.15) is 5.75 Å². The molecule has 0 bridgehead atoms. The first kappa shape index (κ1) is 18.8. The molecule has 22 heavy (non-hydrogen) atoms. The van der Waals surface area contributed by atoms with Crippen LogP contribution in [0.15, 0.2) is 24.3 Å². The van der Waals surface area contributed by atoms with Crippen molar-refractivity contribution in [1.82, 2.24) is 10.2 Å². The van der Waals surface area contributed by atoms with Gasteiger partial charge < -0.3 is 15.0 Å². The SMILES string of the molecule is CCc1ccc(OCC(=O)N2CCC(CNC)CC2)cc1.Cl. The van der Waals surface area contributed by atoms with Crippen molar-refractivity contribution in [2.24, 2.45) is 5.92 Å². The van der Waals surface area contributed by atoms with Crippen LogP contribution < -0.4 is 10.1 Å². The summed E-state index contributed by atoms with van der Waals surface area (Å²) >= 11 is 0. The first-order chi connectivity index (χ1) is 10.2. The van der Waals surface area contributed by atoms with Gasteiger partial charge in [0.05, 0.1) is 0 Å². The third kappa shape index (κ3) is 5.50. The molecule has 1 aromatic carbocycles. The normalized spacial score (nSPS) is 15.3. The number of nitrogens with one attached hydrogen (secondary N) is 1. The molecule has 1 aliphatic rings. The Hall–Kier alpha value is -1.26. The number of carbonyl (C=O) groups is 1. The standard InChI is InChI=1S/C17H26N2O2.ClH/c1-3-14-4-6-16(7-5-14)21-13-17(20)19-10-8-15(9-11-19)12-18-2;/h4-7,15,18H,3,8-13H2,1-2H3;1H. The maximum Gasteiger partial charge on any atom is 0.260 e. The highest BCUT2D eigenvalue weighted by molar-refractivity contribution is 5.85. The number of amides is 1. The van der Waals surface area contributed by atoms with E-state index in [1.165, 1.54) is 5.56 Å². The van der Waals surface area contributed by atoms with E-state index in [0.717, 1.165) is 44.6 Å². The Morgan fingerprint density at radius 2 is 1.91 bits per heavy atom. The molecular weight excluding hydrogens is 300 g/mol. The number of rotatable bonds is 6. The third-order valence-corrected chi connectivity index (χ3v) is 4.15. The van der Waals surface area contributed by atoms with Crippen molar-refractivity contribution >= 4 is 18.3 Å². The van der Waals surface area contributed by atoms with E-state index in [9.17, 15) is 4.79 Å². The number of halogens is 1. The zero-order valence-electron chi connectivity index (χ0n) is 13.5. The van der Waals surface area contributed by atoms with Crippen molar-refractivity contribution in [1.29, 1.82) is 0 Å². The summed E-state index contributed by atoms with van der Waals surface area (Å²) in [6.07, 6.45) is 3.18. The van der Waals surface area contributed by atoms with E-state index in [1.807, 2.05) is 36.2 Å². The van der Waals surface area contributed by atoms with E-state index < -0.39 is 0 Å². The van der Waals surface area contributed by atoms with E-state index in [-0.39, 0.29) is 24.9 Å². The second-order valence-corrected chi connectivity index (χ2v) is 5.67. The van der Waals surface area contributed by atoms with Gasteiger partial charge in [-0.25, -0.2) is 0 Å². The topological polar surface area (TPSA) is 41.6 Å². The number of hydrogen-bond acceptors (Lipinski definition) is 3. The number of nitrogens with zero attached hydrogens (tertiary/aromatic N) is 1. The summed E-state index contributed by atoms with van der Waals surface area (Å²) in [6, 6.07) is 7.96. The minimum atomic E-state index is 0. The van der Waals surface area contributed by atoms with Gasteiger partial charge in [-0.1, -0.05) is 19.1 Å². The Morgan fingerprint density at radius 3 is 2.45 bits per heavy atom. The zero-order chi connectivity index (χ0) is 15.1. The third-order valence-electron chi connectivity index (χ3n) is 4.15. The summed E-state index contributed by atoms with van der Waals surface area (Å²) in [5, 5.41) is 3.21. The second kappa shape index (κ2) is 9.70.